The quantitative estimate of drug-likeness (QED) is 0.620. The van der Waals surface area contributed by atoms with E-state index in [1.165, 1.54) is 0 Å². The van der Waals surface area contributed by atoms with E-state index >= 15 is 0 Å². The Kier molecular flexibility index (Phi) is 4.17. The fraction of sp³-hybridized carbons (Fsp3) is 0.714. The lowest BCUT2D eigenvalue weighted by atomic mass is 9.79. The Balaban J connectivity index is 2.36. The van der Waals surface area contributed by atoms with E-state index < -0.39 is 24.3 Å². The predicted octanol–water partition coefficient (Wildman–Crippen LogP) is 1.38. The van der Waals surface area contributed by atoms with Gasteiger partial charge in [-0.3, -0.25) is 4.68 Å². The van der Waals surface area contributed by atoms with Crippen molar-refractivity contribution >= 4 is 18.6 Å². The number of ether oxygens (including phenoxy) is 1. The molecule has 0 unspecified atom stereocenters. The number of hydrogen-bond acceptors (Lipinski definition) is 5. The van der Waals surface area contributed by atoms with E-state index in [2.05, 4.69) is 5.10 Å². The van der Waals surface area contributed by atoms with Crippen LogP contribution in [0.1, 0.15) is 52.0 Å². The molecular weight excluding hydrogens is 271 g/mol. The molecule has 1 aliphatic heterocycles. The maximum absolute atomic E-state index is 12.1. The first-order chi connectivity index (χ1) is 9.71. The van der Waals surface area contributed by atoms with Crippen molar-refractivity contribution in [2.45, 2.75) is 59.3 Å². The summed E-state index contributed by atoms with van der Waals surface area (Å²) in [4.78, 5) is 12.1. The lowest BCUT2D eigenvalue weighted by molar-refractivity contribution is 0.00578. The minimum absolute atomic E-state index is 0.261. The SMILES string of the molecule is CCOC(=O)c1nn(CC)cc1B1OC(C)(C)C(C)(C)O1. The number of rotatable bonds is 4. The van der Waals surface area contributed by atoms with Gasteiger partial charge in [0, 0.05) is 18.2 Å². The lowest BCUT2D eigenvalue weighted by Crippen LogP contribution is -2.41. The molecule has 0 aromatic carbocycles. The highest BCUT2D eigenvalue weighted by Gasteiger charge is 2.53. The van der Waals surface area contributed by atoms with Crippen molar-refractivity contribution in [2.75, 3.05) is 6.61 Å². The summed E-state index contributed by atoms with van der Waals surface area (Å²) in [6.07, 6.45) is 1.79. The van der Waals surface area contributed by atoms with E-state index in [-0.39, 0.29) is 5.69 Å². The van der Waals surface area contributed by atoms with Crippen LogP contribution in [-0.2, 0) is 20.6 Å². The maximum Gasteiger partial charge on any atom is 0.498 e. The molecule has 1 aliphatic rings. The summed E-state index contributed by atoms with van der Waals surface area (Å²) < 4.78 is 18.7. The monoisotopic (exact) mass is 294 g/mol. The number of esters is 1. The van der Waals surface area contributed by atoms with Crippen molar-refractivity contribution in [1.82, 2.24) is 9.78 Å². The molecule has 0 radical (unpaired) electrons. The summed E-state index contributed by atoms with van der Waals surface area (Å²) in [5.74, 6) is -0.450. The maximum atomic E-state index is 12.1. The Hall–Kier alpha value is -1.34. The summed E-state index contributed by atoms with van der Waals surface area (Å²) in [5.41, 5.74) is -0.0401. The van der Waals surface area contributed by atoms with Crippen LogP contribution in [0.5, 0.6) is 0 Å². The number of aromatic nitrogens is 2. The summed E-state index contributed by atoms with van der Waals surface area (Å²) in [5, 5.41) is 4.27. The van der Waals surface area contributed by atoms with Gasteiger partial charge in [-0.25, -0.2) is 4.79 Å². The average molecular weight is 294 g/mol. The Labute approximate surface area is 125 Å². The molecule has 1 aromatic heterocycles. The molecule has 0 amide bonds. The normalized spacial score (nSPS) is 19.8. The van der Waals surface area contributed by atoms with E-state index in [1.54, 1.807) is 17.8 Å². The van der Waals surface area contributed by atoms with Crippen LogP contribution in [0.15, 0.2) is 6.20 Å². The molecule has 2 heterocycles. The summed E-state index contributed by atoms with van der Waals surface area (Å²) in [6, 6.07) is 0. The van der Waals surface area contributed by atoms with Crippen LogP contribution in [0.2, 0.25) is 0 Å². The first-order valence-electron chi connectivity index (χ1n) is 7.32. The van der Waals surface area contributed by atoms with Crippen LogP contribution in [0.25, 0.3) is 0 Å². The molecule has 2 rings (SSSR count). The zero-order valence-electron chi connectivity index (χ0n) is 13.6. The third-order valence-electron chi connectivity index (χ3n) is 4.09. The molecule has 0 aliphatic carbocycles. The largest absolute Gasteiger partial charge is 0.498 e. The molecule has 0 saturated carbocycles. The van der Waals surface area contributed by atoms with Gasteiger partial charge >= 0.3 is 13.1 Å². The van der Waals surface area contributed by atoms with Crippen LogP contribution < -0.4 is 5.46 Å². The smallest absolute Gasteiger partial charge is 0.461 e. The van der Waals surface area contributed by atoms with Gasteiger partial charge in [-0.15, -0.1) is 0 Å². The van der Waals surface area contributed by atoms with Crippen molar-refractivity contribution < 1.29 is 18.8 Å². The lowest BCUT2D eigenvalue weighted by Gasteiger charge is -2.32. The molecule has 6 nitrogen and oxygen atoms in total. The molecule has 1 saturated heterocycles. The number of hydrogen-bond donors (Lipinski definition) is 0. The number of aryl methyl sites for hydroxylation is 1. The summed E-state index contributed by atoms with van der Waals surface area (Å²) in [6.45, 7) is 12.6. The Bertz CT molecular complexity index is 523. The molecule has 7 heteroatoms. The molecule has 1 fully saturated rings. The van der Waals surface area contributed by atoms with E-state index in [4.69, 9.17) is 14.0 Å². The van der Waals surface area contributed by atoms with Gasteiger partial charge in [0.25, 0.3) is 0 Å². The molecule has 0 bridgehead atoms. The molecule has 0 spiro atoms. The van der Waals surface area contributed by atoms with Crippen LogP contribution in [0.4, 0.5) is 0 Å². The van der Waals surface area contributed by atoms with Gasteiger partial charge in [0.1, 0.15) is 0 Å². The van der Waals surface area contributed by atoms with Crippen LogP contribution in [-0.4, -0.2) is 40.7 Å². The Morgan fingerprint density at radius 1 is 1.29 bits per heavy atom. The van der Waals surface area contributed by atoms with Crippen molar-refractivity contribution in [3.8, 4) is 0 Å². The molecule has 0 atom stereocenters. The predicted molar refractivity (Wildman–Crippen MR) is 79.6 cm³/mol. The molecule has 1 aromatic rings. The molecule has 0 N–H and O–H groups in total. The average Bonchev–Trinajstić information content (AvgIpc) is 2.89. The zero-order chi connectivity index (χ0) is 15.8. The molecule has 116 valence electrons. The molecular formula is C14H23BN2O4. The minimum Gasteiger partial charge on any atom is -0.461 e. The Morgan fingerprint density at radius 2 is 1.86 bits per heavy atom. The standard InChI is InChI=1S/C14H23BN2O4/c1-7-17-9-10(11(16-17)12(18)19-8-2)15-20-13(3,4)14(5,6)21-15/h9H,7-8H2,1-6H3. The topological polar surface area (TPSA) is 62.6 Å². The third kappa shape index (κ3) is 2.85. The highest BCUT2D eigenvalue weighted by molar-refractivity contribution is 6.63. The zero-order valence-corrected chi connectivity index (χ0v) is 13.6. The van der Waals surface area contributed by atoms with Crippen LogP contribution in [0.3, 0.4) is 0 Å². The fourth-order valence-corrected chi connectivity index (χ4v) is 2.10. The van der Waals surface area contributed by atoms with Gasteiger partial charge in [0.05, 0.1) is 17.8 Å². The van der Waals surface area contributed by atoms with E-state index in [9.17, 15) is 4.79 Å². The third-order valence-corrected chi connectivity index (χ3v) is 4.09. The fourth-order valence-electron chi connectivity index (χ4n) is 2.10. The van der Waals surface area contributed by atoms with Gasteiger partial charge in [0.15, 0.2) is 5.69 Å². The van der Waals surface area contributed by atoms with Crippen LogP contribution in [0, 0.1) is 0 Å². The summed E-state index contributed by atoms with van der Waals surface area (Å²) >= 11 is 0. The number of nitrogens with zero attached hydrogens (tertiary/aromatic N) is 2. The van der Waals surface area contributed by atoms with E-state index in [1.807, 2.05) is 34.6 Å². The first-order valence-corrected chi connectivity index (χ1v) is 7.32. The van der Waals surface area contributed by atoms with Gasteiger partial charge < -0.3 is 14.0 Å². The van der Waals surface area contributed by atoms with Gasteiger partial charge in [-0.1, -0.05) is 0 Å². The minimum atomic E-state index is -0.616. The van der Waals surface area contributed by atoms with Crippen molar-refractivity contribution in [2.24, 2.45) is 0 Å². The van der Waals surface area contributed by atoms with Gasteiger partial charge in [-0.05, 0) is 41.5 Å². The Morgan fingerprint density at radius 3 is 2.33 bits per heavy atom. The second-order valence-electron chi connectivity index (χ2n) is 6.10. The highest BCUT2D eigenvalue weighted by atomic mass is 16.7. The van der Waals surface area contributed by atoms with Crippen molar-refractivity contribution in [1.29, 1.82) is 0 Å². The number of carbonyl (C=O) groups is 1. The van der Waals surface area contributed by atoms with Crippen LogP contribution >= 0.6 is 0 Å². The number of carbonyl (C=O) groups excluding carboxylic acids is 1. The summed E-state index contributed by atoms with van der Waals surface area (Å²) in [7, 11) is -0.616. The van der Waals surface area contributed by atoms with Gasteiger partial charge in [-0.2, -0.15) is 5.10 Å². The second-order valence-corrected chi connectivity index (χ2v) is 6.10. The van der Waals surface area contributed by atoms with Crippen molar-refractivity contribution in [3.63, 3.8) is 0 Å². The van der Waals surface area contributed by atoms with Crippen molar-refractivity contribution in [3.05, 3.63) is 11.9 Å². The van der Waals surface area contributed by atoms with E-state index in [0.717, 1.165) is 0 Å². The molecule has 21 heavy (non-hydrogen) atoms. The first kappa shape index (κ1) is 16.0. The van der Waals surface area contributed by atoms with Gasteiger partial charge in [0.2, 0.25) is 0 Å². The van der Waals surface area contributed by atoms with E-state index in [0.29, 0.717) is 18.6 Å². The highest BCUT2D eigenvalue weighted by Crippen LogP contribution is 2.36. The second kappa shape index (κ2) is 5.46.